The highest BCUT2D eigenvalue weighted by molar-refractivity contribution is 6.30. The van der Waals surface area contributed by atoms with Crippen LogP contribution in [0.5, 0.6) is 0 Å². The first kappa shape index (κ1) is 12.9. The van der Waals surface area contributed by atoms with Gasteiger partial charge in [0, 0.05) is 11.1 Å². The van der Waals surface area contributed by atoms with Crippen molar-refractivity contribution in [2.75, 3.05) is 7.05 Å². The van der Waals surface area contributed by atoms with Crippen LogP contribution < -0.4 is 5.32 Å². The second-order valence-corrected chi connectivity index (χ2v) is 5.60. The Hall–Kier alpha value is -0.530. The molecule has 1 atom stereocenters. The normalized spacial score (nSPS) is 19.2. The number of rotatable bonds is 3. The van der Waals surface area contributed by atoms with Crippen LogP contribution in [0.25, 0.3) is 0 Å². The maximum Gasteiger partial charge on any atom is 0.0408 e. The van der Waals surface area contributed by atoms with E-state index in [0.29, 0.717) is 6.04 Å². The van der Waals surface area contributed by atoms with Crippen LogP contribution in [-0.4, -0.2) is 7.05 Å². The predicted octanol–water partition coefficient (Wildman–Crippen LogP) is 4.49. The van der Waals surface area contributed by atoms with Gasteiger partial charge in [-0.1, -0.05) is 36.9 Å². The zero-order valence-corrected chi connectivity index (χ0v) is 11.6. The van der Waals surface area contributed by atoms with E-state index >= 15 is 0 Å². The zero-order chi connectivity index (χ0) is 12.3. The number of halogens is 1. The molecule has 0 amide bonds. The minimum Gasteiger partial charge on any atom is -0.313 e. The molecule has 0 bridgehead atoms. The van der Waals surface area contributed by atoms with E-state index in [9.17, 15) is 0 Å². The third-order valence-electron chi connectivity index (χ3n) is 4.00. The smallest absolute Gasteiger partial charge is 0.0408 e. The summed E-state index contributed by atoms with van der Waals surface area (Å²) < 4.78 is 0. The standard InChI is InChI=1S/C15H22ClN/c1-11-10-13(16)8-9-14(11)15(17-2)12-6-4-3-5-7-12/h8-10,12,15,17H,3-7H2,1-2H3. The van der Waals surface area contributed by atoms with Crippen molar-refractivity contribution >= 4 is 11.6 Å². The van der Waals surface area contributed by atoms with E-state index in [2.05, 4.69) is 31.4 Å². The van der Waals surface area contributed by atoms with Gasteiger partial charge in [0.1, 0.15) is 0 Å². The molecular weight excluding hydrogens is 230 g/mol. The maximum absolute atomic E-state index is 6.03. The molecule has 1 aliphatic rings. The molecule has 2 heteroatoms. The van der Waals surface area contributed by atoms with Crippen molar-refractivity contribution in [1.82, 2.24) is 5.32 Å². The summed E-state index contributed by atoms with van der Waals surface area (Å²) in [5.74, 6) is 0.786. The van der Waals surface area contributed by atoms with E-state index < -0.39 is 0 Å². The van der Waals surface area contributed by atoms with Gasteiger partial charge < -0.3 is 5.32 Å². The van der Waals surface area contributed by atoms with Crippen molar-refractivity contribution in [2.45, 2.75) is 45.1 Å². The fourth-order valence-electron chi connectivity index (χ4n) is 3.10. The van der Waals surface area contributed by atoms with E-state index in [1.54, 1.807) is 0 Å². The van der Waals surface area contributed by atoms with Gasteiger partial charge in [-0.05, 0) is 56.0 Å². The molecule has 1 nitrogen and oxygen atoms in total. The lowest BCUT2D eigenvalue weighted by atomic mass is 9.80. The van der Waals surface area contributed by atoms with Gasteiger partial charge >= 0.3 is 0 Å². The molecule has 1 fully saturated rings. The molecule has 94 valence electrons. The molecule has 1 N–H and O–H groups in total. The third-order valence-corrected chi connectivity index (χ3v) is 4.23. The predicted molar refractivity (Wildman–Crippen MR) is 74.6 cm³/mol. The van der Waals surface area contributed by atoms with Crippen molar-refractivity contribution in [2.24, 2.45) is 5.92 Å². The van der Waals surface area contributed by atoms with E-state index in [-0.39, 0.29) is 0 Å². The first-order chi connectivity index (χ1) is 8.22. The van der Waals surface area contributed by atoms with Gasteiger partial charge in [-0.3, -0.25) is 0 Å². The topological polar surface area (TPSA) is 12.0 Å². The molecule has 0 aromatic heterocycles. The van der Waals surface area contributed by atoms with Crippen molar-refractivity contribution in [3.63, 3.8) is 0 Å². The SMILES string of the molecule is CNC(c1ccc(Cl)cc1C)C1CCCCC1. The van der Waals surface area contributed by atoms with Crippen LogP contribution in [0.3, 0.4) is 0 Å². The highest BCUT2D eigenvalue weighted by Gasteiger charge is 2.24. The van der Waals surface area contributed by atoms with E-state index in [1.807, 2.05) is 6.07 Å². The van der Waals surface area contributed by atoms with E-state index in [0.717, 1.165) is 10.9 Å². The number of aryl methyl sites for hydroxylation is 1. The third kappa shape index (κ3) is 3.02. The molecule has 1 saturated carbocycles. The second-order valence-electron chi connectivity index (χ2n) is 5.17. The molecule has 1 unspecified atom stereocenters. The van der Waals surface area contributed by atoms with Crippen molar-refractivity contribution in [3.8, 4) is 0 Å². The van der Waals surface area contributed by atoms with Gasteiger partial charge in [-0.2, -0.15) is 0 Å². The lowest BCUT2D eigenvalue weighted by Crippen LogP contribution is -2.27. The number of benzene rings is 1. The summed E-state index contributed by atoms with van der Waals surface area (Å²) in [6, 6.07) is 6.77. The van der Waals surface area contributed by atoms with Gasteiger partial charge in [-0.15, -0.1) is 0 Å². The average molecular weight is 252 g/mol. The Morgan fingerprint density at radius 3 is 2.53 bits per heavy atom. The summed E-state index contributed by atoms with van der Waals surface area (Å²) in [7, 11) is 2.08. The number of hydrogen-bond acceptors (Lipinski definition) is 1. The summed E-state index contributed by atoms with van der Waals surface area (Å²) in [5, 5.41) is 4.34. The maximum atomic E-state index is 6.03. The lowest BCUT2D eigenvalue weighted by molar-refractivity contribution is 0.281. The molecule has 1 aromatic carbocycles. The van der Waals surface area contributed by atoms with Crippen molar-refractivity contribution in [3.05, 3.63) is 34.3 Å². The minimum atomic E-state index is 0.493. The molecule has 17 heavy (non-hydrogen) atoms. The first-order valence-corrected chi connectivity index (χ1v) is 7.03. The van der Waals surface area contributed by atoms with Crippen LogP contribution >= 0.6 is 11.6 Å². The summed E-state index contributed by atoms with van der Waals surface area (Å²) >= 11 is 6.03. The zero-order valence-electron chi connectivity index (χ0n) is 10.8. The lowest BCUT2D eigenvalue weighted by Gasteiger charge is -2.31. The van der Waals surface area contributed by atoms with Crippen LogP contribution in [-0.2, 0) is 0 Å². The summed E-state index contributed by atoms with van der Waals surface area (Å²) in [6.07, 6.45) is 6.89. The number of nitrogens with one attached hydrogen (secondary N) is 1. The molecule has 1 aliphatic carbocycles. The molecule has 0 heterocycles. The summed E-state index contributed by atoms with van der Waals surface area (Å²) in [5.41, 5.74) is 2.73. The molecule has 0 saturated heterocycles. The van der Waals surface area contributed by atoms with Gasteiger partial charge in [-0.25, -0.2) is 0 Å². The van der Waals surface area contributed by atoms with E-state index in [4.69, 9.17) is 11.6 Å². The molecule has 0 spiro atoms. The first-order valence-electron chi connectivity index (χ1n) is 6.65. The fraction of sp³-hybridized carbons (Fsp3) is 0.600. The van der Waals surface area contributed by atoms with Gasteiger partial charge in [0.15, 0.2) is 0 Å². The van der Waals surface area contributed by atoms with Gasteiger partial charge in [0.05, 0.1) is 0 Å². The largest absolute Gasteiger partial charge is 0.313 e. The van der Waals surface area contributed by atoms with Crippen LogP contribution in [0, 0.1) is 12.8 Å². The van der Waals surface area contributed by atoms with Gasteiger partial charge in [0.2, 0.25) is 0 Å². The molecular formula is C15H22ClN. The second kappa shape index (κ2) is 5.88. The summed E-state index contributed by atoms with van der Waals surface area (Å²) in [4.78, 5) is 0. The van der Waals surface area contributed by atoms with Crippen molar-refractivity contribution in [1.29, 1.82) is 0 Å². The Kier molecular flexibility index (Phi) is 4.47. The minimum absolute atomic E-state index is 0.493. The van der Waals surface area contributed by atoms with Crippen LogP contribution in [0.2, 0.25) is 5.02 Å². The molecule has 1 aromatic rings. The average Bonchev–Trinajstić information content (AvgIpc) is 2.34. The molecule has 2 rings (SSSR count). The monoisotopic (exact) mass is 251 g/mol. The quantitative estimate of drug-likeness (QED) is 0.835. The van der Waals surface area contributed by atoms with Crippen LogP contribution in [0.1, 0.15) is 49.3 Å². The Labute approximate surface area is 110 Å². The van der Waals surface area contributed by atoms with Crippen molar-refractivity contribution < 1.29 is 0 Å². The highest BCUT2D eigenvalue weighted by Crippen LogP contribution is 2.35. The van der Waals surface area contributed by atoms with Crippen LogP contribution in [0.4, 0.5) is 0 Å². The highest BCUT2D eigenvalue weighted by atomic mass is 35.5. The Balaban J connectivity index is 2.21. The van der Waals surface area contributed by atoms with E-state index in [1.165, 1.54) is 43.2 Å². The fourth-order valence-corrected chi connectivity index (χ4v) is 3.33. The Bertz CT molecular complexity index is 369. The Morgan fingerprint density at radius 2 is 1.94 bits per heavy atom. The molecule has 0 aliphatic heterocycles. The Morgan fingerprint density at radius 1 is 1.24 bits per heavy atom. The van der Waals surface area contributed by atoms with Crippen LogP contribution in [0.15, 0.2) is 18.2 Å². The molecule has 0 radical (unpaired) electrons. The van der Waals surface area contributed by atoms with Gasteiger partial charge in [0.25, 0.3) is 0 Å². The summed E-state index contributed by atoms with van der Waals surface area (Å²) in [6.45, 7) is 2.16. The number of hydrogen-bond donors (Lipinski definition) is 1.